The minimum atomic E-state index is -1.81. The van der Waals surface area contributed by atoms with E-state index in [1.807, 2.05) is 0 Å². The Balaban J connectivity index is 1.70. The maximum absolute atomic E-state index is 14.1. The summed E-state index contributed by atoms with van der Waals surface area (Å²) >= 11 is 5.79. The Bertz CT molecular complexity index is 952. The molecule has 146 valence electrons. The third kappa shape index (κ3) is 3.82. The van der Waals surface area contributed by atoms with Gasteiger partial charge in [0, 0.05) is 17.1 Å². The van der Waals surface area contributed by atoms with E-state index in [4.69, 9.17) is 11.6 Å². The van der Waals surface area contributed by atoms with E-state index in [-0.39, 0.29) is 12.1 Å². The topological polar surface area (TPSA) is 78.5 Å². The first-order chi connectivity index (χ1) is 13.2. The normalized spacial score (nSPS) is 18.9. The molecule has 1 aliphatic heterocycles. The highest BCUT2D eigenvalue weighted by molar-refractivity contribution is 6.30. The SMILES string of the molecule is C[C@@]1(c2cc(F)ccc2F)NC(=O)N(CC(=O)NCc2ccc(Cl)cc2)C1=O. The number of halogens is 3. The molecule has 2 aromatic carbocycles. The lowest BCUT2D eigenvalue weighted by Gasteiger charge is -2.22. The Morgan fingerprint density at radius 3 is 2.54 bits per heavy atom. The van der Waals surface area contributed by atoms with Gasteiger partial charge in [0.15, 0.2) is 0 Å². The van der Waals surface area contributed by atoms with Crippen LogP contribution >= 0.6 is 11.6 Å². The Hall–Kier alpha value is -3.00. The van der Waals surface area contributed by atoms with Gasteiger partial charge < -0.3 is 10.6 Å². The lowest BCUT2D eigenvalue weighted by molar-refractivity contribution is -0.134. The first-order valence-electron chi connectivity index (χ1n) is 8.31. The van der Waals surface area contributed by atoms with Crippen LogP contribution in [0.1, 0.15) is 18.1 Å². The molecule has 28 heavy (non-hydrogen) atoms. The third-order valence-electron chi connectivity index (χ3n) is 4.45. The van der Waals surface area contributed by atoms with Crippen LogP contribution in [0.15, 0.2) is 42.5 Å². The van der Waals surface area contributed by atoms with Gasteiger partial charge in [0.1, 0.15) is 23.7 Å². The fourth-order valence-electron chi connectivity index (χ4n) is 2.91. The average Bonchev–Trinajstić information content (AvgIpc) is 2.87. The van der Waals surface area contributed by atoms with E-state index >= 15 is 0 Å². The number of hydrogen-bond acceptors (Lipinski definition) is 3. The molecule has 0 radical (unpaired) electrons. The number of nitrogens with one attached hydrogen (secondary N) is 2. The predicted octanol–water partition coefficient (Wildman–Crippen LogP) is 2.70. The number of rotatable bonds is 5. The summed E-state index contributed by atoms with van der Waals surface area (Å²) in [5, 5.41) is 5.47. The number of benzene rings is 2. The fourth-order valence-corrected chi connectivity index (χ4v) is 3.03. The average molecular weight is 408 g/mol. The molecule has 1 aliphatic rings. The Kier molecular flexibility index (Phi) is 5.33. The smallest absolute Gasteiger partial charge is 0.325 e. The van der Waals surface area contributed by atoms with Crippen LogP contribution in [-0.4, -0.2) is 29.3 Å². The summed E-state index contributed by atoms with van der Waals surface area (Å²) in [5.41, 5.74) is -1.34. The zero-order valence-electron chi connectivity index (χ0n) is 14.8. The van der Waals surface area contributed by atoms with Crippen LogP contribution in [0.2, 0.25) is 5.02 Å². The minimum Gasteiger partial charge on any atom is -0.350 e. The predicted molar refractivity (Wildman–Crippen MR) is 97.3 cm³/mol. The van der Waals surface area contributed by atoms with E-state index in [1.165, 1.54) is 6.92 Å². The molecule has 9 heteroatoms. The Labute approximate surface area is 164 Å². The van der Waals surface area contributed by atoms with Gasteiger partial charge >= 0.3 is 6.03 Å². The number of imide groups is 1. The number of urea groups is 1. The van der Waals surface area contributed by atoms with Crippen LogP contribution in [0.3, 0.4) is 0 Å². The molecule has 2 aromatic rings. The summed E-state index contributed by atoms with van der Waals surface area (Å²) in [7, 11) is 0. The number of hydrogen-bond donors (Lipinski definition) is 2. The van der Waals surface area contributed by atoms with Crippen LogP contribution in [-0.2, 0) is 21.7 Å². The number of nitrogens with zero attached hydrogens (tertiary/aromatic N) is 1. The largest absolute Gasteiger partial charge is 0.350 e. The van der Waals surface area contributed by atoms with Gasteiger partial charge in [-0.15, -0.1) is 0 Å². The first-order valence-corrected chi connectivity index (χ1v) is 8.69. The second-order valence-corrected chi connectivity index (χ2v) is 6.91. The van der Waals surface area contributed by atoms with E-state index in [9.17, 15) is 23.2 Å². The van der Waals surface area contributed by atoms with Crippen molar-refractivity contribution < 1.29 is 23.2 Å². The van der Waals surface area contributed by atoms with Crippen LogP contribution in [0.25, 0.3) is 0 Å². The van der Waals surface area contributed by atoms with Crippen LogP contribution in [0.4, 0.5) is 13.6 Å². The molecular weight excluding hydrogens is 392 g/mol. The van der Waals surface area contributed by atoms with Crippen molar-refractivity contribution in [2.75, 3.05) is 6.54 Å². The summed E-state index contributed by atoms with van der Waals surface area (Å²) in [6.07, 6.45) is 0. The molecule has 1 fully saturated rings. The van der Waals surface area contributed by atoms with Crippen molar-refractivity contribution in [3.8, 4) is 0 Å². The van der Waals surface area contributed by atoms with Gasteiger partial charge in [-0.25, -0.2) is 13.6 Å². The minimum absolute atomic E-state index is 0.176. The summed E-state index contributed by atoms with van der Waals surface area (Å²) in [6, 6.07) is 8.54. The molecule has 0 saturated carbocycles. The zero-order chi connectivity index (χ0) is 20.5. The van der Waals surface area contributed by atoms with Gasteiger partial charge in [-0.3, -0.25) is 14.5 Å². The van der Waals surface area contributed by atoms with E-state index in [0.717, 1.165) is 23.8 Å². The molecule has 2 N–H and O–H groups in total. The van der Waals surface area contributed by atoms with Crippen molar-refractivity contribution in [3.63, 3.8) is 0 Å². The molecule has 1 heterocycles. The molecule has 1 atom stereocenters. The highest BCUT2D eigenvalue weighted by atomic mass is 35.5. The molecule has 0 unspecified atom stereocenters. The van der Waals surface area contributed by atoms with Crippen molar-refractivity contribution in [2.24, 2.45) is 0 Å². The van der Waals surface area contributed by atoms with Crippen molar-refractivity contribution >= 4 is 29.4 Å². The number of amides is 4. The number of carbonyl (C=O) groups is 3. The molecule has 0 spiro atoms. The first kappa shape index (κ1) is 19.8. The molecule has 6 nitrogen and oxygen atoms in total. The van der Waals surface area contributed by atoms with Crippen molar-refractivity contribution in [2.45, 2.75) is 19.0 Å². The lowest BCUT2D eigenvalue weighted by Crippen LogP contribution is -2.43. The standard InChI is InChI=1S/C19H16ClF2N3O3/c1-19(14-8-13(21)6-7-15(14)22)17(27)25(18(28)24-19)10-16(26)23-9-11-2-4-12(20)5-3-11/h2-8H,9-10H2,1H3,(H,23,26)(H,24,28)/t19-/m0/s1. The van der Waals surface area contributed by atoms with Crippen molar-refractivity contribution in [1.82, 2.24) is 15.5 Å². The molecule has 4 amide bonds. The Morgan fingerprint density at radius 2 is 1.86 bits per heavy atom. The van der Waals surface area contributed by atoms with Crippen LogP contribution < -0.4 is 10.6 Å². The number of carbonyl (C=O) groups excluding carboxylic acids is 3. The van der Waals surface area contributed by atoms with Crippen LogP contribution in [0, 0.1) is 11.6 Å². The van der Waals surface area contributed by atoms with Crippen LogP contribution in [0.5, 0.6) is 0 Å². The molecule has 0 aliphatic carbocycles. The summed E-state index contributed by atoms with van der Waals surface area (Å²) in [5.74, 6) is -3.02. The summed E-state index contributed by atoms with van der Waals surface area (Å²) in [6.45, 7) is 0.886. The molecular formula is C19H16ClF2N3O3. The fraction of sp³-hybridized carbons (Fsp3) is 0.211. The molecule has 0 bridgehead atoms. The summed E-state index contributed by atoms with van der Waals surface area (Å²) < 4.78 is 27.6. The van der Waals surface area contributed by atoms with Gasteiger partial charge in [-0.1, -0.05) is 23.7 Å². The monoisotopic (exact) mass is 407 g/mol. The van der Waals surface area contributed by atoms with Gasteiger partial charge in [0.25, 0.3) is 5.91 Å². The summed E-state index contributed by atoms with van der Waals surface area (Å²) in [4.78, 5) is 37.7. The molecule has 0 aromatic heterocycles. The van der Waals surface area contributed by atoms with Gasteiger partial charge in [-0.2, -0.15) is 0 Å². The second-order valence-electron chi connectivity index (χ2n) is 6.47. The molecule has 3 rings (SSSR count). The maximum Gasteiger partial charge on any atom is 0.325 e. The van der Waals surface area contributed by atoms with E-state index in [0.29, 0.717) is 9.92 Å². The Morgan fingerprint density at radius 1 is 1.18 bits per heavy atom. The van der Waals surface area contributed by atoms with E-state index in [1.54, 1.807) is 24.3 Å². The molecule has 1 saturated heterocycles. The maximum atomic E-state index is 14.1. The van der Waals surface area contributed by atoms with Gasteiger partial charge in [0.2, 0.25) is 5.91 Å². The lowest BCUT2D eigenvalue weighted by atomic mass is 9.91. The van der Waals surface area contributed by atoms with Crippen molar-refractivity contribution in [3.05, 3.63) is 70.2 Å². The van der Waals surface area contributed by atoms with Gasteiger partial charge in [-0.05, 0) is 42.8 Å². The highest BCUT2D eigenvalue weighted by Crippen LogP contribution is 2.31. The third-order valence-corrected chi connectivity index (χ3v) is 4.70. The second kappa shape index (κ2) is 7.55. The van der Waals surface area contributed by atoms with E-state index in [2.05, 4.69) is 10.6 Å². The van der Waals surface area contributed by atoms with Gasteiger partial charge in [0.05, 0.1) is 0 Å². The quantitative estimate of drug-likeness (QED) is 0.748. The highest BCUT2D eigenvalue weighted by Gasteiger charge is 2.50. The van der Waals surface area contributed by atoms with Crippen molar-refractivity contribution in [1.29, 1.82) is 0 Å². The van der Waals surface area contributed by atoms with E-state index < -0.39 is 41.6 Å². The zero-order valence-corrected chi connectivity index (χ0v) is 15.5.